The molecule has 1 aliphatic heterocycles. The first-order valence-corrected chi connectivity index (χ1v) is 5.62. The normalized spacial score (nSPS) is 18.0. The van der Waals surface area contributed by atoms with E-state index in [4.69, 9.17) is 10.5 Å². The fourth-order valence-electron chi connectivity index (χ4n) is 1.94. The number of nitrogens with two attached hydrogens (primary N) is 1. The Balaban J connectivity index is 0.00000162. The number of carbonyl (C=O) groups is 1. The second-order valence-electron chi connectivity index (χ2n) is 4.80. The number of rotatable bonds is 1. The fourth-order valence-corrected chi connectivity index (χ4v) is 1.94. The Morgan fingerprint density at radius 2 is 2.28 bits per heavy atom. The van der Waals surface area contributed by atoms with Crippen molar-refractivity contribution in [2.75, 3.05) is 25.4 Å². The summed E-state index contributed by atoms with van der Waals surface area (Å²) in [6, 6.07) is 1.64. The maximum atomic E-state index is 12.3. The van der Waals surface area contributed by atoms with E-state index in [0.29, 0.717) is 30.9 Å². The lowest BCUT2D eigenvalue weighted by Crippen LogP contribution is -2.50. The zero-order chi connectivity index (χ0) is 12.5. The Labute approximate surface area is 113 Å². The molecule has 0 aromatic carbocycles. The Bertz CT molecular complexity index is 437. The predicted molar refractivity (Wildman–Crippen MR) is 71.8 cm³/mol. The average Bonchev–Trinajstić information content (AvgIpc) is 2.27. The van der Waals surface area contributed by atoms with Crippen LogP contribution in [0.5, 0.6) is 0 Å². The molecule has 5 nitrogen and oxygen atoms in total. The van der Waals surface area contributed by atoms with Crippen LogP contribution in [0.4, 0.5) is 5.69 Å². The maximum Gasteiger partial charge on any atom is 0.257 e. The van der Waals surface area contributed by atoms with Crippen LogP contribution in [-0.4, -0.2) is 41.1 Å². The predicted octanol–water partition coefficient (Wildman–Crippen LogP) is 1.34. The molecular weight excluding hydrogens is 254 g/mol. The van der Waals surface area contributed by atoms with Crippen LogP contribution in [0.15, 0.2) is 18.5 Å². The molecule has 0 atom stereocenters. The Hall–Kier alpha value is -1.33. The van der Waals surface area contributed by atoms with Gasteiger partial charge in [0.25, 0.3) is 5.91 Å². The van der Waals surface area contributed by atoms with Crippen LogP contribution in [0, 0.1) is 0 Å². The van der Waals surface area contributed by atoms with E-state index in [1.807, 2.05) is 13.8 Å². The Morgan fingerprint density at radius 1 is 1.56 bits per heavy atom. The Morgan fingerprint density at radius 3 is 2.89 bits per heavy atom. The average molecular weight is 272 g/mol. The minimum absolute atomic E-state index is 0. The van der Waals surface area contributed by atoms with Crippen LogP contribution >= 0.6 is 12.4 Å². The summed E-state index contributed by atoms with van der Waals surface area (Å²) < 4.78 is 5.57. The highest BCUT2D eigenvalue weighted by atomic mass is 35.5. The second-order valence-corrected chi connectivity index (χ2v) is 4.80. The molecular formula is C12H18ClN3O2. The molecule has 100 valence electrons. The zero-order valence-corrected chi connectivity index (χ0v) is 11.4. The summed E-state index contributed by atoms with van der Waals surface area (Å²) in [6.45, 7) is 5.66. The van der Waals surface area contributed by atoms with Crippen LogP contribution < -0.4 is 5.73 Å². The van der Waals surface area contributed by atoms with E-state index in [-0.39, 0.29) is 23.9 Å². The minimum atomic E-state index is -0.301. The number of ether oxygens (including phenoxy) is 1. The molecule has 0 spiro atoms. The molecule has 0 unspecified atom stereocenters. The van der Waals surface area contributed by atoms with Gasteiger partial charge in [-0.1, -0.05) is 0 Å². The van der Waals surface area contributed by atoms with E-state index in [9.17, 15) is 4.79 Å². The summed E-state index contributed by atoms with van der Waals surface area (Å²) in [5, 5.41) is 0. The van der Waals surface area contributed by atoms with E-state index < -0.39 is 0 Å². The lowest BCUT2D eigenvalue weighted by molar-refractivity contribution is -0.0763. The first-order valence-electron chi connectivity index (χ1n) is 5.62. The molecule has 18 heavy (non-hydrogen) atoms. The number of nitrogen functional groups attached to an aromatic ring is 1. The van der Waals surface area contributed by atoms with Gasteiger partial charge in [-0.05, 0) is 19.9 Å². The SMILES string of the molecule is CC1(C)CN(C(=O)c2cnccc2N)CCO1.Cl. The first-order chi connectivity index (χ1) is 7.99. The van der Waals surface area contributed by atoms with E-state index in [1.165, 1.54) is 6.20 Å². The summed E-state index contributed by atoms with van der Waals surface area (Å²) in [6.07, 6.45) is 3.09. The third-order valence-electron chi connectivity index (χ3n) is 2.80. The van der Waals surface area contributed by atoms with Crippen molar-refractivity contribution in [3.63, 3.8) is 0 Å². The summed E-state index contributed by atoms with van der Waals surface area (Å²) in [7, 11) is 0. The van der Waals surface area contributed by atoms with Crippen molar-refractivity contribution < 1.29 is 9.53 Å². The summed E-state index contributed by atoms with van der Waals surface area (Å²) >= 11 is 0. The van der Waals surface area contributed by atoms with Gasteiger partial charge in [-0.3, -0.25) is 9.78 Å². The number of morpholine rings is 1. The summed E-state index contributed by atoms with van der Waals surface area (Å²) in [5.74, 6) is -0.0769. The number of pyridine rings is 1. The molecule has 2 rings (SSSR count). The fraction of sp³-hybridized carbons (Fsp3) is 0.500. The standard InChI is InChI=1S/C12H17N3O2.ClH/c1-12(2)8-15(5-6-17-12)11(16)9-7-14-4-3-10(9)13;/h3-4,7H,5-6,8H2,1-2H3,(H2,13,14);1H. The zero-order valence-electron chi connectivity index (χ0n) is 10.5. The number of amides is 1. The number of carbonyl (C=O) groups excluding carboxylic acids is 1. The van der Waals surface area contributed by atoms with Gasteiger partial charge in [0.15, 0.2) is 0 Å². The molecule has 1 aliphatic rings. The van der Waals surface area contributed by atoms with Gasteiger partial charge in [-0.2, -0.15) is 0 Å². The van der Waals surface area contributed by atoms with Gasteiger partial charge in [-0.15, -0.1) is 12.4 Å². The van der Waals surface area contributed by atoms with E-state index in [0.717, 1.165) is 0 Å². The van der Waals surface area contributed by atoms with E-state index in [1.54, 1.807) is 17.2 Å². The molecule has 0 bridgehead atoms. The third-order valence-corrected chi connectivity index (χ3v) is 2.80. The topological polar surface area (TPSA) is 68.5 Å². The maximum absolute atomic E-state index is 12.3. The minimum Gasteiger partial charge on any atom is -0.398 e. The van der Waals surface area contributed by atoms with Crippen molar-refractivity contribution in [3.8, 4) is 0 Å². The number of aromatic nitrogens is 1. The van der Waals surface area contributed by atoms with Gasteiger partial charge >= 0.3 is 0 Å². The molecule has 2 heterocycles. The molecule has 0 aliphatic carbocycles. The highest BCUT2D eigenvalue weighted by Crippen LogP contribution is 2.20. The summed E-state index contributed by atoms with van der Waals surface area (Å²) in [5.41, 5.74) is 6.41. The number of halogens is 1. The molecule has 0 radical (unpaired) electrons. The van der Waals surface area contributed by atoms with Crippen molar-refractivity contribution in [3.05, 3.63) is 24.0 Å². The number of anilines is 1. The van der Waals surface area contributed by atoms with Crippen LogP contribution in [0.25, 0.3) is 0 Å². The van der Waals surface area contributed by atoms with Crippen LogP contribution in [0.2, 0.25) is 0 Å². The van der Waals surface area contributed by atoms with Crippen molar-refractivity contribution in [2.45, 2.75) is 19.4 Å². The lowest BCUT2D eigenvalue weighted by atomic mass is 10.1. The van der Waals surface area contributed by atoms with Crippen LogP contribution in [-0.2, 0) is 4.74 Å². The monoisotopic (exact) mass is 271 g/mol. The van der Waals surface area contributed by atoms with Gasteiger partial charge in [0.1, 0.15) is 0 Å². The van der Waals surface area contributed by atoms with E-state index >= 15 is 0 Å². The van der Waals surface area contributed by atoms with Crippen LogP contribution in [0.1, 0.15) is 24.2 Å². The number of hydrogen-bond donors (Lipinski definition) is 1. The van der Waals surface area contributed by atoms with Gasteiger partial charge in [-0.25, -0.2) is 0 Å². The highest BCUT2D eigenvalue weighted by Gasteiger charge is 2.30. The quantitative estimate of drug-likeness (QED) is 0.837. The number of nitrogens with zero attached hydrogens (tertiary/aromatic N) is 2. The van der Waals surface area contributed by atoms with E-state index in [2.05, 4.69) is 4.98 Å². The number of hydrogen-bond acceptors (Lipinski definition) is 4. The molecule has 1 fully saturated rings. The van der Waals surface area contributed by atoms with Crippen molar-refractivity contribution >= 4 is 24.0 Å². The molecule has 1 aromatic rings. The molecule has 1 aromatic heterocycles. The first kappa shape index (κ1) is 14.7. The summed E-state index contributed by atoms with van der Waals surface area (Å²) in [4.78, 5) is 18.0. The molecule has 6 heteroatoms. The van der Waals surface area contributed by atoms with Gasteiger partial charge in [0, 0.05) is 31.2 Å². The van der Waals surface area contributed by atoms with Gasteiger partial charge in [0.2, 0.25) is 0 Å². The largest absolute Gasteiger partial charge is 0.398 e. The molecule has 1 saturated heterocycles. The van der Waals surface area contributed by atoms with Crippen LogP contribution in [0.3, 0.4) is 0 Å². The molecule has 2 N–H and O–H groups in total. The third kappa shape index (κ3) is 3.11. The molecule has 1 amide bonds. The van der Waals surface area contributed by atoms with Gasteiger partial charge < -0.3 is 15.4 Å². The van der Waals surface area contributed by atoms with Gasteiger partial charge in [0.05, 0.1) is 17.8 Å². The smallest absolute Gasteiger partial charge is 0.257 e. The Kier molecular flexibility index (Phi) is 4.53. The lowest BCUT2D eigenvalue weighted by Gasteiger charge is -2.38. The molecule has 0 saturated carbocycles. The second kappa shape index (κ2) is 5.54. The van der Waals surface area contributed by atoms with Crippen molar-refractivity contribution in [1.29, 1.82) is 0 Å². The highest BCUT2D eigenvalue weighted by molar-refractivity contribution is 5.98. The van der Waals surface area contributed by atoms with Crippen molar-refractivity contribution in [1.82, 2.24) is 9.88 Å². The van der Waals surface area contributed by atoms with Crippen molar-refractivity contribution in [2.24, 2.45) is 0 Å².